The lowest BCUT2D eigenvalue weighted by atomic mass is 9.87. The van der Waals surface area contributed by atoms with Crippen LogP contribution in [0.2, 0.25) is 0 Å². The third-order valence-corrected chi connectivity index (χ3v) is 8.03. The molecule has 1 atom stereocenters. The molecular formula is C39H40N2O5. The summed E-state index contributed by atoms with van der Waals surface area (Å²) in [5, 5.41) is 3.77. The lowest BCUT2D eigenvalue weighted by Gasteiger charge is -2.19. The third kappa shape index (κ3) is 8.72. The van der Waals surface area contributed by atoms with E-state index in [0.29, 0.717) is 18.0 Å². The molecule has 0 aliphatic heterocycles. The first-order valence-electron chi connectivity index (χ1n) is 15.5. The van der Waals surface area contributed by atoms with Crippen LogP contribution in [0.15, 0.2) is 112 Å². The Kier molecular flexibility index (Phi) is 10.3. The van der Waals surface area contributed by atoms with Crippen molar-refractivity contribution in [2.75, 3.05) is 7.11 Å². The minimum atomic E-state index is -0.574. The Hall–Kier alpha value is -5.17. The molecule has 1 aromatic heterocycles. The topological polar surface area (TPSA) is 94.4 Å². The van der Waals surface area contributed by atoms with Gasteiger partial charge in [-0.3, -0.25) is 9.51 Å². The van der Waals surface area contributed by atoms with Crippen molar-refractivity contribution < 1.29 is 18.8 Å². The number of methoxy groups -OCH3 is 1. The van der Waals surface area contributed by atoms with Crippen molar-refractivity contribution in [3.8, 4) is 17.1 Å². The Morgan fingerprint density at radius 2 is 1.57 bits per heavy atom. The standard InChI is InChI=1S/C39H40N2O5/c1-39(2,3)34-23-16-30(17-24-34)26-45-35-8-6-5-7-31(35)18-13-28(25-29-14-21-33(22-15-29)37(42)44-4)10-9-27-11-19-32(20-12-27)36-40-38(43)46-41-36/h5-8,11-24,28H,9-10,25-26H2,1-4H3,(H,40,41,43)/b18-13+. The van der Waals surface area contributed by atoms with E-state index in [1.165, 1.54) is 18.2 Å². The van der Waals surface area contributed by atoms with E-state index in [0.717, 1.165) is 47.3 Å². The number of rotatable bonds is 12. The monoisotopic (exact) mass is 616 g/mol. The number of esters is 1. The number of para-hydroxylation sites is 1. The molecule has 0 saturated carbocycles. The van der Waals surface area contributed by atoms with Crippen LogP contribution in [0.4, 0.5) is 0 Å². The molecule has 1 N–H and O–H groups in total. The number of carbonyl (C=O) groups is 1. The van der Waals surface area contributed by atoms with Gasteiger partial charge in [0, 0.05) is 11.1 Å². The van der Waals surface area contributed by atoms with Crippen molar-refractivity contribution in [2.45, 2.75) is 52.1 Å². The SMILES string of the molecule is COC(=O)c1ccc(CC(/C=C/c2ccccc2OCc2ccc(C(C)(C)C)cc2)CCc2ccc(-c3noc(=O)[nH]3)cc2)cc1. The summed E-state index contributed by atoms with van der Waals surface area (Å²) >= 11 is 0. The fourth-order valence-corrected chi connectivity index (χ4v) is 5.25. The van der Waals surface area contributed by atoms with Crippen LogP contribution in [-0.4, -0.2) is 23.2 Å². The summed E-state index contributed by atoms with van der Waals surface area (Å²) in [6.07, 6.45) is 6.96. The van der Waals surface area contributed by atoms with E-state index >= 15 is 0 Å². The first-order valence-corrected chi connectivity index (χ1v) is 15.5. The number of allylic oxidation sites excluding steroid dienone is 1. The summed E-state index contributed by atoms with van der Waals surface area (Å²) in [6.45, 7) is 7.13. The van der Waals surface area contributed by atoms with Crippen LogP contribution >= 0.6 is 0 Å². The van der Waals surface area contributed by atoms with Gasteiger partial charge in [0.2, 0.25) is 0 Å². The molecule has 0 aliphatic carbocycles. The summed E-state index contributed by atoms with van der Waals surface area (Å²) in [6, 6.07) is 32.3. The first-order chi connectivity index (χ1) is 22.2. The number of H-pyrrole nitrogens is 1. The maximum atomic E-state index is 11.9. The predicted octanol–water partition coefficient (Wildman–Crippen LogP) is 8.20. The quantitative estimate of drug-likeness (QED) is 0.142. The second-order valence-corrected chi connectivity index (χ2v) is 12.5. The van der Waals surface area contributed by atoms with Crippen LogP contribution < -0.4 is 10.5 Å². The largest absolute Gasteiger partial charge is 0.488 e. The minimum Gasteiger partial charge on any atom is -0.488 e. The summed E-state index contributed by atoms with van der Waals surface area (Å²) in [5.74, 6) is 0.545. The van der Waals surface area contributed by atoms with Crippen molar-refractivity contribution in [1.82, 2.24) is 10.1 Å². The fourth-order valence-electron chi connectivity index (χ4n) is 5.25. The van der Waals surface area contributed by atoms with Crippen LogP contribution in [0.5, 0.6) is 5.75 Å². The van der Waals surface area contributed by atoms with E-state index < -0.39 is 5.76 Å². The molecule has 0 spiro atoms. The van der Waals surface area contributed by atoms with E-state index in [-0.39, 0.29) is 17.3 Å². The van der Waals surface area contributed by atoms with Gasteiger partial charge in [0.15, 0.2) is 5.82 Å². The lowest BCUT2D eigenvalue weighted by molar-refractivity contribution is 0.0600. The van der Waals surface area contributed by atoms with Gasteiger partial charge < -0.3 is 9.47 Å². The average molecular weight is 617 g/mol. The molecule has 5 rings (SSSR count). The van der Waals surface area contributed by atoms with Gasteiger partial charge in [0.05, 0.1) is 12.7 Å². The number of nitrogens with one attached hydrogen (secondary N) is 1. The van der Waals surface area contributed by atoms with Gasteiger partial charge in [-0.1, -0.05) is 117 Å². The number of benzene rings is 4. The summed E-state index contributed by atoms with van der Waals surface area (Å²) in [4.78, 5) is 25.9. The maximum Gasteiger partial charge on any atom is 0.439 e. The number of carbonyl (C=O) groups excluding carboxylic acids is 1. The van der Waals surface area contributed by atoms with Gasteiger partial charge in [-0.05, 0) is 71.0 Å². The van der Waals surface area contributed by atoms with Crippen LogP contribution in [-0.2, 0) is 29.6 Å². The molecule has 0 fully saturated rings. The van der Waals surface area contributed by atoms with Crippen LogP contribution in [0.3, 0.4) is 0 Å². The van der Waals surface area contributed by atoms with E-state index in [2.05, 4.69) is 77.9 Å². The Labute approximate surface area is 269 Å². The number of aromatic amines is 1. The van der Waals surface area contributed by atoms with Crippen molar-refractivity contribution >= 4 is 12.0 Å². The molecule has 0 saturated heterocycles. The molecule has 0 bridgehead atoms. The fraction of sp³-hybridized carbons (Fsp3) is 0.256. The first kappa shape index (κ1) is 32.2. The van der Waals surface area contributed by atoms with Crippen LogP contribution in [0.25, 0.3) is 17.5 Å². The molecule has 5 aromatic rings. The van der Waals surface area contributed by atoms with Gasteiger partial charge in [-0.15, -0.1) is 0 Å². The highest BCUT2D eigenvalue weighted by molar-refractivity contribution is 5.89. The lowest BCUT2D eigenvalue weighted by Crippen LogP contribution is -2.10. The zero-order chi connectivity index (χ0) is 32.5. The van der Waals surface area contributed by atoms with Gasteiger partial charge in [-0.2, -0.15) is 0 Å². The molecule has 4 aromatic carbocycles. The highest BCUT2D eigenvalue weighted by atomic mass is 16.5. The molecule has 7 heteroatoms. The predicted molar refractivity (Wildman–Crippen MR) is 181 cm³/mol. The molecule has 0 aliphatic rings. The van der Waals surface area contributed by atoms with Gasteiger partial charge in [0.25, 0.3) is 0 Å². The van der Waals surface area contributed by atoms with E-state index in [9.17, 15) is 9.59 Å². The normalized spacial score (nSPS) is 12.3. The molecule has 1 heterocycles. The summed E-state index contributed by atoms with van der Waals surface area (Å²) in [5.41, 5.74) is 7.19. The smallest absolute Gasteiger partial charge is 0.439 e. The highest BCUT2D eigenvalue weighted by Gasteiger charge is 2.14. The minimum absolute atomic E-state index is 0.111. The number of aryl methyl sites for hydroxylation is 1. The second-order valence-electron chi connectivity index (χ2n) is 12.5. The molecule has 0 amide bonds. The van der Waals surface area contributed by atoms with Crippen molar-refractivity contribution in [2.24, 2.45) is 5.92 Å². The molecule has 46 heavy (non-hydrogen) atoms. The summed E-state index contributed by atoms with van der Waals surface area (Å²) < 4.78 is 15.8. The number of aromatic nitrogens is 2. The maximum absolute atomic E-state index is 11.9. The number of nitrogens with zero attached hydrogens (tertiary/aromatic N) is 1. The molecule has 1 unspecified atom stereocenters. The third-order valence-electron chi connectivity index (χ3n) is 8.03. The van der Waals surface area contributed by atoms with E-state index in [1.54, 1.807) is 0 Å². The van der Waals surface area contributed by atoms with Gasteiger partial charge in [0.1, 0.15) is 12.4 Å². The Balaban J connectivity index is 1.30. The Morgan fingerprint density at radius 1 is 0.891 bits per heavy atom. The highest BCUT2D eigenvalue weighted by Crippen LogP contribution is 2.26. The molecular weight excluding hydrogens is 576 g/mol. The summed E-state index contributed by atoms with van der Waals surface area (Å²) in [7, 11) is 1.39. The van der Waals surface area contributed by atoms with Crippen molar-refractivity contribution in [3.05, 3.63) is 147 Å². The molecule has 236 valence electrons. The Morgan fingerprint density at radius 3 is 2.22 bits per heavy atom. The van der Waals surface area contributed by atoms with E-state index in [1.807, 2.05) is 66.7 Å². The van der Waals surface area contributed by atoms with Gasteiger partial charge >= 0.3 is 11.7 Å². The van der Waals surface area contributed by atoms with Crippen LogP contribution in [0, 0.1) is 5.92 Å². The number of hydrogen-bond donors (Lipinski definition) is 1. The van der Waals surface area contributed by atoms with Crippen molar-refractivity contribution in [1.29, 1.82) is 0 Å². The zero-order valence-electron chi connectivity index (χ0n) is 26.8. The molecule has 7 nitrogen and oxygen atoms in total. The van der Waals surface area contributed by atoms with E-state index in [4.69, 9.17) is 9.47 Å². The second kappa shape index (κ2) is 14.7. The van der Waals surface area contributed by atoms with Gasteiger partial charge in [-0.25, -0.2) is 9.59 Å². The van der Waals surface area contributed by atoms with Crippen LogP contribution in [0.1, 0.15) is 65.4 Å². The average Bonchev–Trinajstić information content (AvgIpc) is 3.51. The number of hydrogen-bond acceptors (Lipinski definition) is 6. The Bertz CT molecular complexity index is 1810. The van der Waals surface area contributed by atoms with Crippen molar-refractivity contribution in [3.63, 3.8) is 0 Å². The molecule has 0 radical (unpaired) electrons. The zero-order valence-corrected chi connectivity index (χ0v) is 26.8. The number of ether oxygens (including phenoxy) is 2.